The third-order valence-electron chi connectivity index (χ3n) is 3.83. The maximum absolute atomic E-state index is 13.1. The highest BCUT2D eigenvalue weighted by molar-refractivity contribution is 6.32. The molecule has 0 bridgehead atoms. The van der Waals surface area contributed by atoms with Crippen molar-refractivity contribution in [3.05, 3.63) is 64.1 Å². The van der Waals surface area contributed by atoms with Gasteiger partial charge >= 0.3 is 11.9 Å². The molecule has 0 unspecified atom stereocenters. The number of methoxy groups -OCH3 is 2. The number of nitrogens with zero attached hydrogens (tertiary/aromatic N) is 1. The van der Waals surface area contributed by atoms with Crippen LogP contribution in [0.4, 0.5) is 4.39 Å². The van der Waals surface area contributed by atoms with Gasteiger partial charge in [0.25, 0.3) is 0 Å². The third kappa shape index (κ3) is 4.72. The molecule has 1 aliphatic heterocycles. The number of carbonyl (C=O) groups is 2. The van der Waals surface area contributed by atoms with Crippen LogP contribution in [-0.2, 0) is 19.1 Å². The van der Waals surface area contributed by atoms with Gasteiger partial charge in [-0.15, -0.1) is 0 Å². The van der Waals surface area contributed by atoms with E-state index in [1.54, 1.807) is 6.07 Å². The normalized spacial score (nSPS) is 14.4. The van der Waals surface area contributed by atoms with Crippen molar-refractivity contribution in [2.75, 3.05) is 20.8 Å². The van der Waals surface area contributed by atoms with Crippen LogP contribution in [-0.4, -0.2) is 38.7 Å². The standard InChI is InChI=1S/C20H15ClFNO6/c1-26-16-9-11(7-14(21)18(16)28-10-17(24)27-2)8-15-20(25)29-19(23-15)12-3-5-13(22)6-4-12/h3-9H,10H2,1-2H3. The number of aliphatic imine (C=N–C) groups is 1. The van der Waals surface area contributed by atoms with Crippen LogP contribution in [0.5, 0.6) is 11.5 Å². The van der Waals surface area contributed by atoms with Gasteiger partial charge in [-0.05, 0) is 48.0 Å². The van der Waals surface area contributed by atoms with E-state index in [0.717, 1.165) is 0 Å². The summed E-state index contributed by atoms with van der Waals surface area (Å²) in [6, 6.07) is 8.47. The van der Waals surface area contributed by atoms with Crippen LogP contribution in [0.15, 0.2) is 47.1 Å². The van der Waals surface area contributed by atoms with E-state index in [1.165, 1.54) is 50.6 Å². The Morgan fingerprint density at radius 3 is 2.62 bits per heavy atom. The van der Waals surface area contributed by atoms with Crippen LogP contribution in [0.1, 0.15) is 11.1 Å². The summed E-state index contributed by atoms with van der Waals surface area (Å²) in [6.45, 7) is -0.343. The van der Waals surface area contributed by atoms with Crippen molar-refractivity contribution in [3.63, 3.8) is 0 Å². The summed E-state index contributed by atoms with van der Waals surface area (Å²) in [5.74, 6) is -1.17. The van der Waals surface area contributed by atoms with Crippen LogP contribution in [0.25, 0.3) is 6.08 Å². The first kappa shape index (κ1) is 20.3. The van der Waals surface area contributed by atoms with E-state index in [2.05, 4.69) is 9.73 Å². The van der Waals surface area contributed by atoms with Gasteiger partial charge in [0.05, 0.1) is 19.2 Å². The van der Waals surface area contributed by atoms with Gasteiger partial charge in [0, 0.05) is 5.56 Å². The highest BCUT2D eigenvalue weighted by Crippen LogP contribution is 2.37. The zero-order valence-corrected chi connectivity index (χ0v) is 16.2. The Kier molecular flexibility index (Phi) is 6.13. The Balaban J connectivity index is 1.89. The van der Waals surface area contributed by atoms with Gasteiger partial charge in [-0.25, -0.2) is 19.0 Å². The van der Waals surface area contributed by atoms with Gasteiger partial charge in [-0.3, -0.25) is 0 Å². The summed E-state index contributed by atoms with van der Waals surface area (Å²) in [7, 11) is 2.64. The molecule has 0 radical (unpaired) electrons. The second-order valence-corrected chi connectivity index (χ2v) is 6.15. The number of carbonyl (C=O) groups excluding carboxylic acids is 2. The number of cyclic esters (lactones) is 1. The van der Waals surface area contributed by atoms with Gasteiger partial charge in [0.2, 0.25) is 5.90 Å². The molecule has 0 amide bonds. The monoisotopic (exact) mass is 419 g/mol. The molecule has 0 aliphatic carbocycles. The molecule has 1 heterocycles. The van der Waals surface area contributed by atoms with Crippen molar-refractivity contribution >= 4 is 35.5 Å². The Morgan fingerprint density at radius 1 is 1.24 bits per heavy atom. The molecule has 1 aliphatic rings. The van der Waals surface area contributed by atoms with E-state index in [9.17, 15) is 14.0 Å². The van der Waals surface area contributed by atoms with E-state index in [4.69, 9.17) is 25.8 Å². The first-order chi connectivity index (χ1) is 13.9. The molecule has 7 nitrogen and oxygen atoms in total. The highest BCUT2D eigenvalue weighted by atomic mass is 35.5. The highest BCUT2D eigenvalue weighted by Gasteiger charge is 2.24. The minimum atomic E-state index is -0.662. The average molecular weight is 420 g/mol. The molecular weight excluding hydrogens is 405 g/mol. The van der Waals surface area contributed by atoms with Crippen molar-refractivity contribution in [2.24, 2.45) is 4.99 Å². The lowest BCUT2D eigenvalue weighted by atomic mass is 10.1. The van der Waals surface area contributed by atoms with Gasteiger partial charge in [-0.2, -0.15) is 0 Å². The summed E-state index contributed by atoms with van der Waals surface area (Å²) >= 11 is 6.23. The summed E-state index contributed by atoms with van der Waals surface area (Å²) in [4.78, 5) is 27.5. The Bertz CT molecular complexity index is 1020. The number of halogens is 2. The molecule has 2 aromatic carbocycles. The predicted octanol–water partition coefficient (Wildman–Crippen LogP) is 3.38. The van der Waals surface area contributed by atoms with Crippen LogP contribution in [0, 0.1) is 5.82 Å². The fourth-order valence-electron chi connectivity index (χ4n) is 2.44. The molecule has 0 fully saturated rings. The first-order valence-corrected chi connectivity index (χ1v) is 8.64. The average Bonchev–Trinajstić information content (AvgIpc) is 3.07. The van der Waals surface area contributed by atoms with Crippen molar-refractivity contribution in [2.45, 2.75) is 0 Å². The number of hydrogen-bond donors (Lipinski definition) is 0. The topological polar surface area (TPSA) is 83.4 Å². The Hall–Kier alpha value is -3.39. The molecule has 3 rings (SSSR count). The van der Waals surface area contributed by atoms with Crippen molar-refractivity contribution in [1.29, 1.82) is 0 Å². The molecule has 0 aromatic heterocycles. The molecule has 0 saturated heterocycles. The number of hydrogen-bond acceptors (Lipinski definition) is 7. The molecule has 0 N–H and O–H groups in total. The van der Waals surface area contributed by atoms with E-state index in [0.29, 0.717) is 11.1 Å². The molecule has 29 heavy (non-hydrogen) atoms. The summed E-state index contributed by atoms with van der Waals surface area (Å²) < 4.78 is 33.3. The lowest BCUT2D eigenvalue weighted by molar-refractivity contribution is -0.143. The summed E-state index contributed by atoms with van der Waals surface area (Å²) in [6.07, 6.45) is 1.46. The second kappa shape index (κ2) is 8.74. The van der Waals surface area contributed by atoms with Crippen LogP contribution >= 0.6 is 11.6 Å². The van der Waals surface area contributed by atoms with E-state index in [1.807, 2.05) is 0 Å². The predicted molar refractivity (Wildman–Crippen MR) is 103 cm³/mol. The quantitative estimate of drug-likeness (QED) is 0.527. The molecule has 0 saturated carbocycles. The number of ether oxygens (including phenoxy) is 4. The van der Waals surface area contributed by atoms with Crippen LogP contribution in [0.3, 0.4) is 0 Å². The zero-order chi connectivity index (χ0) is 21.0. The van der Waals surface area contributed by atoms with Crippen molar-refractivity contribution in [3.8, 4) is 11.5 Å². The van der Waals surface area contributed by atoms with Gasteiger partial charge in [0.1, 0.15) is 5.82 Å². The molecule has 0 atom stereocenters. The van der Waals surface area contributed by atoms with Crippen molar-refractivity contribution < 1.29 is 32.9 Å². The van der Waals surface area contributed by atoms with Crippen molar-refractivity contribution in [1.82, 2.24) is 0 Å². The van der Waals surface area contributed by atoms with E-state index < -0.39 is 17.8 Å². The largest absolute Gasteiger partial charge is 0.493 e. The van der Waals surface area contributed by atoms with Gasteiger partial charge in [0.15, 0.2) is 23.8 Å². The number of esters is 2. The summed E-state index contributed by atoms with van der Waals surface area (Å²) in [5.41, 5.74) is 0.990. The second-order valence-electron chi connectivity index (χ2n) is 5.74. The molecular formula is C20H15ClFNO6. The SMILES string of the molecule is COC(=O)COc1c(Cl)cc(C=C2N=C(c3ccc(F)cc3)OC2=O)cc1OC. The van der Waals surface area contributed by atoms with Gasteiger partial charge < -0.3 is 18.9 Å². The van der Waals surface area contributed by atoms with Crippen LogP contribution < -0.4 is 9.47 Å². The lowest BCUT2D eigenvalue weighted by Crippen LogP contribution is -2.13. The molecule has 2 aromatic rings. The maximum Gasteiger partial charge on any atom is 0.363 e. The van der Waals surface area contributed by atoms with E-state index in [-0.39, 0.29) is 34.7 Å². The Morgan fingerprint density at radius 2 is 1.97 bits per heavy atom. The maximum atomic E-state index is 13.1. The summed E-state index contributed by atoms with van der Waals surface area (Å²) in [5, 5.41) is 0.161. The van der Waals surface area contributed by atoms with Gasteiger partial charge in [-0.1, -0.05) is 11.6 Å². The number of rotatable bonds is 6. The van der Waals surface area contributed by atoms with E-state index >= 15 is 0 Å². The Labute approximate surface area is 170 Å². The fourth-order valence-corrected chi connectivity index (χ4v) is 2.71. The van der Waals surface area contributed by atoms with Crippen LogP contribution in [0.2, 0.25) is 5.02 Å². The fraction of sp³-hybridized carbons (Fsp3) is 0.150. The molecule has 0 spiro atoms. The lowest BCUT2D eigenvalue weighted by Gasteiger charge is -2.12. The first-order valence-electron chi connectivity index (χ1n) is 8.27. The minimum absolute atomic E-state index is 0.0330. The third-order valence-corrected chi connectivity index (χ3v) is 4.11. The minimum Gasteiger partial charge on any atom is -0.493 e. The molecule has 150 valence electrons. The zero-order valence-electron chi connectivity index (χ0n) is 15.4. The molecule has 9 heteroatoms. The smallest absolute Gasteiger partial charge is 0.363 e. The number of benzene rings is 2.